The van der Waals surface area contributed by atoms with Crippen LogP contribution in [-0.2, 0) is 42.7 Å². The number of allylic oxidation sites excluding steroid dienone is 2. The fourth-order valence-electron chi connectivity index (χ4n) is 16.2. The highest BCUT2D eigenvalue weighted by Crippen LogP contribution is 2.76. The van der Waals surface area contributed by atoms with Crippen LogP contribution >= 0.6 is 0 Å². The van der Waals surface area contributed by atoms with E-state index in [1.165, 1.54) is 12.5 Å². The van der Waals surface area contributed by atoms with Gasteiger partial charge >= 0.3 is 5.97 Å². The van der Waals surface area contributed by atoms with Crippen molar-refractivity contribution in [2.45, 2.75) is 242 Å². The van der Waals surface area contributed by atoms with Gasteiger partial charge in [-0.15, -0.1) is 0 Å². The van der Waals surface area contributed by atoms with E-state index in [1.807, 2.05) is 0 Å². The number of aliphatic hydroxyl groups is 12. The van der Waals surface area contributed by atoms with Gasteiger partial charge in [-0.1, -0.05) is 60.1 Å². The number of carbonyl (C=O) groups excluding carboxylic acids is 1. The predicted octanol–water partition coefficient (Wildman–Crippen LogP) is -0.369. The maximum atomic E-state index is 14.8. The van der Waals surface area contributed by atoms with E-state index in [2.05, 4.69) is 54.5 Å². The summed E-state index contributed by atoms with van der Waals surface area (Å²) in [6.45, 7) is 15.9. The minimum Gasteiger partial charge on any atom is -0.432 e. The van der Waals surface area contributed by atoms with E-state index >= 15 is 0 Å². The highest BCUT2D eigenvalue weighted by molar-refractivity contribution is 5.79. The smallest absolute Gasteiger partial charge is 0.315 e. The van der Waals surface area contributed by atoms with E-state index in [4.69, 9.17) is 37.9 Å². The second-order valence-electron chi connectivity index (χ2n) is 25.8. The van der Waals surface area contributed by atoms with Crippen LogP contribution < -0.4 is 0 Å². The lowest BCUT2D eigenvalue weighted by atomic mass is 9.33. The highest BCUT2D eigenvalue weighted by Gasteiger charge is 2.70. The van der Waals surface area contributed by atoms with Gasteiger partial charge in [-0.2, -0.15) is 0 Å². The average molecular weight is 1060 g/mol. The number of esters is 1. The molecule has 424 valence electrons. The van der Waals surface area contributed by atoms with Crippen LogP contribution in [0, 0.1) is 50.2 Å². The molecule has 9 rings (SSSR count). The highest BCUT2D eigenvalue weighted by atomic mass is 16.8. The van der Waals surface area contributed by atoms with Crippen molar-refractivity contribution in [3.05, 3.63) is 11.6 Å². The molecule has 0 radical (unpaired) electrons. The topological polar surface area (TPSA) is 334 Å². The molecular formula is C53H86O21. The van der Waals surface area contributed by atoms with Gasteiger partial charge in [-0.3, -0.25) is 4.79 Å². The molecule has 0 bridgehead atoms. The van der Waals surface area contributed by atoms with Crippen molar-refractivity contribution in [3.8, 4) is 0 Å². The van der Waals surface area contributed by atoms with Crippen LogP contribution in [0.15, 0.2) is 11.6 Å². The van der Waals surface area contributed by atoms with Crippen molar-refractivity contribution < 1.29 is 104 Å². The minimum atomic E-state index is -1.83. The molecule has 12 N–H and O–H groups in total. The van der Waals surface area contributed by atoms with Gasteiger partial charge in [0.25, 0.3) is 0 Å². The van der Waals surface area contributed by atoms with E-state index in [0.717, 1.165) is 44.9 Å². The number of hydrogen-bond donors (Lipinski definition) is 12. The molecular weight excluding hydrogens is 973 g/mol. The van der Waals surface area contributed by atoms with Crippen LogP contribution in [0.25, 0.3) is 0 Å². The molecule has 4 saturated heterocycles. The molecule has 0 aromatic heterocycles. The van der Waals surface area contributed by atoms with Gasteiger partial charge in [-0.05, 0) is 116 Å². The van der Waals surface area contributed by atoms with Gasteiger partial charge in [0, 0.05) is 0 Å². The van der Waals surface area contributed by atoms with E-state index in [-0.39, 0.29) is 46.0 Å². The first-order valence-electron chi connectivity index (χ1n) is 27.1. The van der Waals surface area contributed by atoms with Crippen molar-refractivity contribution in [1.29, 1.82) is 0 Å². The molecule has 4 saturated carbocycles. The van der Waals surface area contributed by atoms with Gasteiger partial charge < -0.3 is 99.2 Å². The summed E-state index contributed by atoms with van der Waals surface area (Å²) >= 11 is 0. The molecule has 74 heavy (non-hydrogen) atoms. The molecule has 0 amide bonds. The Hall–Kier alpha value is -1.55. The zero-order chi connectivity index (χ0) is 54.0. The minimum absolute atomic E-state index is 0.0812. The van der Waals surface area contributed by atoms with Gasteiger partial charge in [0.05, 0.1) is 37.4 Å². The van der Waals surface area contributed by atoms with Crippen molar-refractivity contribution in [3.63, 3.8) is 0 Å². The molecule has 4 aliphatic heterocycles. The summed E-state index contributed by atoms with van der Waals surface area (Å²) < 4.78 is 49.0. The van der Waals surface area contributed by atoms with Crippen molar-refractivity contribution >= 4 is 5.97 Å². The second kappa shape index (κ2) is 20.5. The van der Waals surface area contributed by atoms with Gasteiger partial charge in [0.2, 0.25) is 6.29 Å². The van der Waals surface area contributed by atoms with E-state index < -0.39 is 153 Å². The Morgan fingerprint density at radius 3 is 1.81 bits per heavy atom. The number of ether oxygens (including phenoxy) is 8. The first kappa shape index (κ1) is 57.1. The Balaban J connectivity index is 0.973. The lowest BCUT2D eigenvalue weighted by molar-refractivity contribution is -0.388. The van der Waals surface area contributed by atoms with Crippen LogP contribution in [0.4, 0.5) is 0 Å². The molecule has 8 fully saturated rings. The molecule has 9 aliphatic rings. The molecule has 21 nitrogen and oxygen atoms in total. The van der Waals surface area contributed by atoms with Crippen molar-refractivity contribution in [1.82, 2.24) is 0 Å². The van der Waals surface area contributed by atoms with Crippen LogP contribution in [0.1, 0.15) is 120 Å². The molecule has 27 atom stereocenters. The molecule has 0 aromatic rings. The largest absolute Gasteiger partial charge is 0.432 e. The monoisotopic (exact) mass is 1060 g/mol. The Kier molecular flexibility index (Phi) is 15.8. The fraction of sp³-hybridized carbons (Fsp3) is 0.943. The Morgan fingerprint density at radius 2 is 1.18 bits per heavy atom. The number of hydrogen-bond acceptors (Lipinski definition) is 21. The summed E-state index contributed by atoms with van der Waals surface area (Å²) in [5.41, 5.74) is -0.904. The molecule has 0 spiro atoms. The lowest BCUT2D eigenvalue weighted by Gasteiger charge is -2.71. The summed E-state index contributed by atoms with van der Waals surface area (Å²) in [6.07, 6.45) is -20.0. The SMILES string of the molecule is C[C@H]1O[C@@H](O[C@H]2[C@H](OC3CC[C@@]4(C)C(CC[C@]5(C)C4CC=C4C6CC(C)(C)CC[C@]6(C(=O)O[C@@H]6O[C@H](CO)[C@@H](O)[C@H](O)[C@H]6O)CC[C@]45C)C3(C)C)OC[C@H](O)[C@H]2O[C@@H]2O[C@H](CO)[C@@H](O)[C@H](O)[C@H]2O)[C@H](O)[C@H](O)[C@@H]1O. The standard InChI is InChI=1S/C53H86O21/c1-23-32(57)35(60)38(63)43(68-23)73-42-41(72-44-39(64)36(61)33(58)27(20-54)69-44)26(56)22-67-46(42)71-31-12-13-50(6)29(49(31,4)5)11-14-52(8)30(50)10-9-24-25-19-48(2,3)15-17-53(25,18-16-51(24,52)7)47(66)74-45-40(65)37(62)34(59)28(21-55)70-45/h9,23,25-46,54-65H,10-22H2,1-8H3/t23-,25?,26+,27-,28-,29?,30?,31?,32-,33-,34-,35-,36+,37+,38-,39-,40-,41-,42-,43+,44+,45+,46+,50+,51-,52-,53+/m1/s1. The van der Waals surface area contributed by atoms with E-state index in [0.29, 0.717) is 19.3 Å². The summed E-state index contributed by atoms with van der Waals surface area (Å²) in [4.78, 5) is 14.8. The number of rotatable bonds is 10. The first-order valence-corrected chi connectivity index (χ1v) is 27.1. The summed E-state index contributed by atoms with van der Waals surface area (Å²) in [6, 6.07) is 0. The third kappa shape index (κ3) is 9.17. The van der Waals surface area contributed by atoms with Gasteiger partial charge in [0.1, 0.15) is 85.5 Å². The van der Waals surface area contributed by atoms with Gasteiger partial charge in [0.15, 0.2) is 18.9 Å². The van der Waals surface area contributed by atoms with Crippen molar-refractivity contribution in [2.75, 3.05) is 19.8 Å². The maximum absolute atomic E-state index is 14.8. The second-order valence-corrected chi connectivity index (χ2v) is 25.8. The van der Waals surface area contributed by atoms with Crippen LogP contribution in [-0.4, -0.2) is 210 Å². The Labute approximate surface area is 433 Å². The number of fused-ring (bicyclic) bond motifs is 7. The third-order valence-electron chi connectivity index (χ3n) is 21.0. The van der Waals surface area contributed by atoms with Crippen molar-refractivity contribution in [2.24, 2.45) is 50.2 Å². The molecule has 5 aliphatic carbocycles. The quantitative estimate of drug-likeness (QED) is 0.0755. The van der Waals surface area contributed by atoms with E-state index in [9.17, 15) is 66.1 Å². The zero-order valence-corrected chi connectivity index (χ0v) is 44.1. The molecule has 21 heteroatoms. The average Bonchev–Trinajstić information content (AvgIpc) is 3.35. The van der Waals surface area contributed by atoms with E-state index in [1.54, 1.807) is 0 Å². The summed E-state index contributed by atoms with van der Waals surface area (Å²) in [7, 11) is 0. The maximum Gasteiger partial charge on any atom is 0.315 e. The lowest BCUT2D eigenvalue weighted by Crippen LogP contribution is -2.67. The van der Waals surface area contributed by atoms with Crippen LogP contribution in [0.5, 0.6) is 0 Å². The fourth-order valence-corrected chi connectivity index (χ4v) is 16.2. The normalized spacial score (nSPS) is 54.1. The Bertz CT molecular complexity index is 2040. The molecule has 4 unspecified atom stereocenters. The summed E-state index contributed by atoms with van der Waals surface area (Å²) in [5, 5.41) is 128. The summed E-state index contributed by atoms with van der Waals surface area (Å²) in [5.74, 6) is -0.306. The Morgan fingerprint density at radius 1 is 0.608 bits per heavy atom. The number of carbonyl (C=O) groups is 1. The predicted molar refractivity (Wildman–Crippen MR) is 255 cm³/mol. The molecule has 0 aromatic carbocycles. The third-order valence-corrected chi connectivity index (χ3v) is 21.0. The van der Waals surface area contributed by atoms with Gasteiger partial charge in [-0.25, -0.2) is 0 Å². The van der Waals surface area contributed by atoms with Crippen LogP contribution in [0.3, 0.4) is 0 Å². The van der Waals surface area contributed by atoms with Crippen LogP contribution in [0.2, 0.25) is 0 Å². The first-order chi connectivity index (χ1) is 34.6. The number of aliphatic hydroxyl groups excluding tert-OH is 12. The zero-order valence-electron chi connectivity index (χ0n) is 44.1. The molecule has 4 heterocycles.